The first-order valence-electron chi connectivity index (χ1n) is 9.78. The number of esters is 2. The Labute approximate surface area is 171 Å². The van der Waals surface area contributed by atoms with Gasteiger partial charge < -0.3 is 19.3 Å². The van der Waals surface area contributed by atoms with Crippen LogP contribution in [0.3, 0.4) is 0 Å². The molecule has 29 heavy (non-hydrogen) atoms. The Morgan fingerprint density at radius 2 is 1.69 bits per heavy atom. The van der Waals surface area contributed by atoms with Gasteiger partial charge in [0, 0.05) is 12.3 Å². The predicted molar refractivity (Wildman–Crippen MR) is 105 cm³/mol. The van der Waals surface area contributed by atoms with E-state index in [1.165, 1.54) is 14.0 Å². The van der Waals surface area contributed by atoms with Crippen molar-refractivity contribution in [2.45, 2.75) is 64.8 Å². The first-order chi connectivity index (χ1) is 13.5. The zero-order chi connectivity index (χ0) is 21.9. The minimum atomic E-state index is -1.68. The molecule has 0 aliphatic heterocycles. The number of ketones is 1. The third-order valence-corrected chi connectivity index (χ3v) is 4.96. The lowest BCUT2D eigenvalue weighted by atomic mass is 9.61. The Bertz CT molecular complexity index is 758. The molecule has 0 spiro atoms. The zero-order valence-corrected chi connectivity index (χ0v) is 17.8. The minimum Gasteiger partial charge on any atom is -0.497 e. The zero-order valence-electron chi connectivity index (χ0n) is 17.8. The van der Waals surface area contributed by atoms with Crippen molar-refractivity contribution < 1.29 is 33.7 Å². The van der Waals surface area contributed by atoms with Crippen LogP contribution in [-0.4, -0.2) is 47.7 Å². The molecule has 0 heterocycles. The summed E-state index contributed by atoms with van der Waals surface area (Å²) in [6.07, 6.45) is -1.18. The molecule has 1 saturated carbocycles. The molecule has 0 unspecified atom stereocenters. The van der Waals surface area contributed by atoms with Crippen molar-refractivity contribution in [3.05, 3.63) is 29.8 Å². The van der Waals surface area contributed by atoms with Crippen LogP contribution in [0.25, 0.3) is 0 Å². The molecule has 7 heteroatoms. The fraction of sp³-hybridized carbons (Fsp3) is 0.591. The average molecular weight is 406 g/mol. The second-order valence-corrected chi connectivity index (χ2v) is 8.23. The number of ether oxygens (including phenoxy) is 3. The van der Waals surface area contributed by atoms with Gasteiger partial charge in [-0.3, -0.25) is 14.4 Å². The number of aliphatic hydroxyl groups is 1. The molecule has 1 aromatic carbocycles. The van der Waals surface area contributed by atoms with Crippen LogP contribution < -0.4 is 4.74 Å². The number of carbonyl (C=O) groups excluding carboxylic acids is 3. The molecule has 4 atom stereocenters. The first kappa shape index (κ1) is 22.9. The normalized spacial score (nSPS) is 27.1. The van der Waals surface area contributed by atoms with E-state index in [2.05, 4.69) is 0 Å². The van der Waals surface area contributed by atoms with Gasteiger partial charge in [-0.2, -0.15) is 0 Å². The van der Waals surface area contributed by atoms with Crippen LogP contribution in [-0.2, 0) is 23.9 Å². The van der Waals surface area contributed by atoms with Crippen molar-refractivity contribution in [1.29, 1.82) is 0 Å². The van der Waals surface area contributed by atoms with Crippen molar-refractivity contribution in [2.75, 3.05) is 7.11 Å². The number of hydrogen-bond acceptors (Lipinski definition) is 7. The molecule has 0 radical (unpaired) electrons. The van der Waals surface area contributed by atoms with Crippen molar-refractivity contribution in [1.82, 2.24) is 0 Å². The summed E-state index contributed by atoms with van der Waals surface area (Å²) in [5, 5.41) is 11.0. The van der Waals surface area contributed by atoms with Gasteiger partial charge in [-0.25, -0.2) is 0 Å². The molecular weight excluding hydrogens is 376 g/mol. The maximum absolute atomic E-state index is 13.0. The molecule has 160 valence electrons. The number of hydrogen-bond donors (Lipinski definition) is 1. The number of rotatable bonds is 6. The van der Waals surface area contributed by atoms with Gasteiger partial charge in [0.15, 0.2) is 5.78 Å². The van der Waals surface area contributed by atoms with Gasteiger partial charge >= 0.3 is 11.9 Å². The van der Waals surface area contributed by atoms with E-state index >= 15 is 0 Å². The Morgan fingerprint density at radius 3 is 2.24 bits per heavy atom. The van der Waals surface area contributed by atoms with Crippen molar-refractivity contribution in [3.63, 3.8) is 0 Å². The largest absolute Gasteiger partial charge is 0.497 e. The van der Waals surface area contributed by atoms with E-state index in [-0.39, 0.29) is 6.42 Å². The van der Waals surface area contributed by atoms with E-state index in [9.17, 15) is 19.5 Å². The summed E-state index contributed by atoms with van der Waals surface area (Å²) in [5.74, 6) is -4.63. The van der Waals surface area contributed by atoms with Gasteiger partial charge in [0.25, 0.3) is 0 Å². The van der Waals surface area contributed by atoms with Gasteiger partial charge in [0.1, 0.15) is 11.7 Å². The highest BCUT2D eigenvalue weighted by Gasteiger charge is 2.57. The quantitative estimate of drug-likeness (QED) is 0.573. The molecule has 7 nitrogen and oxygen atoms in total. The van der Waals surface area contributed by atoms with Crippen molar-refractivity contribution in [3.8, 4) is 5.75 Å². The van der Waals surface area contributed by atoms with Crippen LogP contribution in [0, 0.1) is 11.8 Å². The SMILES string of the molecule is COc1cccc([C@@H]2[C@@H](C(=O)OC(C)C)C(=O)C[C@](C)(O)[C@H]2C(=O)OC(C)C)c1. The molecule has 2 rings (SSSR count). The minimum absolute atomic E-state index is 0.344. The Hall–Kier alpha value is -2.41. The maximum atomic E-state index is 13.0. The van der Waals surface area contributed by atoms with Gasteiger partial charge in [-0.1, -0.05) is 12.1 Å². The van der Waals surface area contributed by atoms with E-state index in [0.717, 1.165) is 0 Å². The van der Waals surface area contributed by atoms with Crippen LogP contribution in [0.1, 0.15) is 52.5 Å². The summed E-state index contributed by atoms with van der Waals surface area (Å²) in [6, 6.07) is 6.78. The standard InChI is InChI=1S/C22H30O7/c1-12(2)28-20(24)18-16(23)11-22(5,26)19(21(25)29-13(3)4)17(18)14-8-7-9-15(10-14)27-6/h7-10,12-13,17-19,26H,11H2,1-6H3/t17-,18+,19-,22+/m1/s1. The summed E-state index contributed by atoms with van der Waals surface area (Å²) in [7, 11) is 1.50. The van der Waals surface area contributed by atoms with Crippen LogP contribution >= 0.6 is 0 Å². The summed E-state index contributed by atoms with van der Waals surface area (Å²) in [4.78, 5) is 38.8. The van der Waals surface area contributed by atoms with Crippen LogP contribution in [0.5, 0.6) is 5.75 Å². The maximum Gasteiger partial charge on any atom is 0.317 e. The lowest BCUT2D eigenvalue weighted by Gasteiger charge is -2.44. The summed E-state index contributed by atoms with van der Waals surface area (Å²) >= 11 is 0. The van der Waals surface area contributed by atoms with E-state index in [1.807, 2.05) is 0 Å². The van der Waals surface area contributed by atoms with E-state index in [0.29, 0.717) is 11.3 Å². The molecule has 0 bridgehead atoms. The van der Waals surface area contributed by atoms with Gasteiger partial charge in [0.2, 0.25) is 0 Å². The molecule has 1 aliphatic rings. The van der Waals surface area contributed by atoms with E-state index in [4.69, 9.17) is 14.2 Å². The smallest absolute Gasteiger partial charge is 0.317 e. The Kier molecular flexibility index (Phi) is 7.06. The number of Topliss-reactive ketones (excluding diaryl/α,β-unsaturated/α-hetero) is 1. The summed E-state index contributed by atoms with van der Waals surface area (Å²) < 4.78 is 16.0. The number of methoxy groups -OCH3 is 1. The first-order valence-corrected chi connectivity index (χ1v) is 9.78. The van der Waals surface area contributed by atoms with Gasteiger partial charge in [-0.15, -0.1) is 0 Å². The lowest BCUT2D eigenvalue weighted by molar-refractivity contribution is -0.176. The summed E-state index contributed by atoms with van der Waals surface area (Å²) in [5.41, 5.74) is -1.15. The second-order valence-electron chi connectivity index (χ2n) is 8.23. The average Bonchev–Trinajstić information content (AvgIpc) is 2.58. The van der Waals surface area contributed by atoms with Gasteiger partial charge in [-0.05, 0) is 52.3 Å². The molecule has 0 aromatic heterocycles. The van der Waals surface area contributed by atoms with Crippen LogP contribution in [0.4, 0.5) is 0 Å². The van der Waals surface area contributed by atoms with Crippen molar-refractivity contribution in [2.24, 2.45) is 11.8 Å². The van der Waals surface area contributed by atoms with E-state index in [1.54, 1.807) is 52.0 Å². The molecular formula is C22H30O7. The Balaban J connectivity index is 2.63. The van der Waals surface area contributed by atoms with Crippen LogP contribution in [0.2, 0.25) is 0 Å². The predicted octanol–water partition coefficient (Wildman–Crippen LogP) is 2.64. The van der Waals surface area contributed by atoms with Crippen LogP contribution in [0.15, 0.2) is 24.3 Å². The molecule has 1 N–H and O–H groups in total. The lowest BCUT2D eigenvalue weighted by Crippen LogP contribution is -2.55. The third-order valence-electron chi connectivity index (χ3n) is 4.96. The van der Waals surface area contributed by atoms with Crippen molar-refractivity contribution >= 4 is 17.7 Å². The van der Waals surface area contributed by atoms with E-state index < -0.39 is 53.3 Å². The highest BCUT2D eigenvalue weighted by Crippen LogP contribution is 2.47. The third kappa shape index (κ3) is 5.15. The summed E-state index contributed by atoms with van der Waals surface area (Å²) in [6.45, 7) is 8.20. The molecule has 1 aliphatic carbocycles. The molecule has 1 fully saturated rings. The Morgan fingerprint density at radius 1 is 1.10 bits per heavy atom. The monoisotopic (exact) mass is 406 g/mol. The van der Waals surface area contributed by atoms with Gasteiger partial charge in [0.05, 0.1) is 30.8 Å². The highest BCUT2D eigenvalue weighted by molar-refractivity contribution is 6.02. The molecule has 0 amide bonds. The number of benzene rings is 1. The molecule has 1 aromatic rings. The number of carbonyl (C=O) groups is 3. The fourth-order valence-electron chi connectivity index (χ4n) is 3.88. The topological polar surface area (TPSA) is 99.1 Å². The highest BCUT2D eigenvalue weighted by atomic mass is 16.5. The molecule has 0 saturated heterocycles. The second kappa shape index (κ2) is 8.95. The fourth-order valence-corrected chi connectivity index (χ4v) is 3.88.